The van der Waals surface area contributed by atoms with Crippen LogP contribution in [0.15, 0.2) is 18.2 Å². The Morgan fingerprint density at radius 3 is 2.62 bits per heavy atom. The summed E-state index contributed by atoms with van der Waals surface area (Å²) in [6.45, 7) is 2.85. The highest BCUT2D eigenvalue weighted by Crippen LogP contribution is 2.20. The number of hydrogen-bond acceptors (Lipinski definition) is 4. The number of nitrogens with two attached hydrogens (primary N) is 2. The molecule has 0 aliphatic heterocycles. The molecule has 0 fully saturated rings. The first-order chi connectivity index (χ1) is 7.67. The van der Waals surface area contributed by atoms with E-state index in [2.05, 4.69) is 12.2 Å². The van der Waals surface area contributed by atoms with Gasteiger partial charge in [0.15, 0.2) is 0 Å². The zero-order chi connectivity index (χ0) is 12.0. The third-order valence-electron chi connectivity index (χ3n) is 2.46. The van der Waals surface area contributed by atoms with Gasteiger partial charge in [0.25, 0.3) is 0 Å². The van der Waals surface area contributed by atoms with E-state index in [0.717, 1.165) is 18.5 Å². The SMILES string of the molecule is CCCC(COC)Nc1ccc(N)c(N)c1. The van der Waals surface area contributed by atoms with E-state index in [1.54, 1.807) is 7.11 Å². The fourth-order valence-corrected chi connectivity index (χ4v) is 1.65. The summed E-state index contributed by atoms with van der Waals surface area (Å²) < 4.78 is 5.16. The first-order valence-corrected chi connectivity index (χ1v) is 5.57. The van der Waals surface area contributed by atoms with E-state index >= 15 is 0 Å². The number of nitrogen functional groups attached to an aromatic ring is 2. The van der Waals surface area contributed by atoms with Gasteiger partial charge in [0.05, 0.1) is 18.0 Å². The van der Waals surface area contributed by atoms with Crippen LogP contribution in [-0.2, 0) is 4.74 Å². The highest BCUT2D eigenvalue weighted by Gasteiger charge is 2.07. The first-order valence-electron chi connectivity index (χ1n) is 5.57. The minimum atomic E-state index is 0.318. The molecule has 0 spiro atoms. The van der Waals surface area contributed by atoms with E-state index in [-0.39, 0.29) is 0 Å². The molecule has 1 unspecified atom stereocenters. The van der Waals surface area contributed by atoms with Crippen LogP contribution in [0.2, 0.25) is 0 Å². The van der Waals surface area contributed by atoms with Gasteiger partial charge in [-0.15, -0.1) is 0 Å². The van der Waals surface area contributed by atoms with Crippen molar-refractivity contribution in [2.24, 2.45) is 0 Å². The molecule has 1 rings (SSSR count). The van der Waals surface area contributed by atoms with Crippen LogP contribution in [0.1, 0.15) is 19.8 Å². The molecule has 0 bridgehead atoms. The molecule has 0 saturated carbocycles. The predicted octanol–water partition coefficient (Wildman–Crippen LogP) is 2.08. The lowest BCUT2D eigenvalue weighted by Crippen LogP contribution is -2.24. The lowest BCUT2D eigenvalue weighted by atomic mass is 10.1. The van der Waals surface area contributed by atoms with Crippen molar-refractivity contribution in [2.75, 3.05) is 30.5 Å². The van der Waals surface area contributed by atoms with Gasteiger partial charge in [-0.1, -0.05) is 13.3 Å². The summed E-state index contributed by atoms with van der Waals surface area (Å²) in [6, 6.07) is 5.92. The van der Waals surface area contributed by atoms with Crippen LogP contribution in [0, 0.1) is 0 Å². The molecule has 4 nitrogen and oxygen atoms in total. The molecule has 1 aromatic rings. The van der Waals surface area contributed by atoms with Crippen molar-refractivity contribution >= 4 is 17.1 Å². The van der Waals surface area contributed by atoms with E-state index in [0.29, 0.717) is 24.0 Å². The molecule has 1 atom stereocenters. The Morgan fingerprint density at radius 2 is 2.06 bits per heavy atom. The summed E-state index contributed by atoms with van der Waals surface area (Å²) in [5, 5.41) is 3.39. The highest BCUT2D eigenvalue weighted by molar-refractivity contribution is 5.69. The first kappa shape index (κ1) is 12.6. The molecule has 90 valence electrons. The molecule has 0 radical (unpaired) electrons. The van der Waals surface area contributed by atoms with E-state index in [1.807, 2.05) is 18.2 Å². The Hall–Kier alpha value is -1.42. The molecule has 0 heterocycles. The Bertz CT molecular complexity index is 322. The summed E-state index contributed by atoms with van der Waals surface area (Å²) in [7, 11) is 1.71. The van der Waals surface area contributed by atoms with Crippen LogP contribution in [0.4, 0.5) is 17.1 Å². The summed E-state index contributed by atoms with van der Waals surface area (Å²) in [5.74, 6) is 0. The average molecular weight is 223 g/mol. The van der Waals surface area contributed by atoms with Gasteiger partial charge in [0, 0.05) is 18.8 Å². The average Bonchev–Trinajstić information content (AvgIpc) is 2.24. The second-order valence-electron chi connectivity index (χ2n) is 3.93. The number of methoxy groups -OCH3 is 1. The van der Waals surface area contributed by atoms with Crippen LogP contribution in [-0.4, -0.2) is 19.8 Å². The van der Waals surface area contributed by atoms with Gasteiger partial charge in [0.2, 0.25) is 0 Å². The van der Waals surface area contributed by atoms with Gasteiger partial charge in [0.1, 0.15) is 0 Å². The molecule has 0 aliphatic carbocycles. The summed E-state index contributed by atoms with van der Waals surface area (Å²) >= 11 is 0. The van der Waals surface area contributed by atoms with Crippen molar-refractivity contribution in [2.45, 2.75) is 25.8 Å². The summed E-state index contributed by atoms with van der Waals surface area (Å²) in [6.07, 6.45) is 2.18. The van der Waals surface area contributed by atoms with Gasteiger partial charge in [-0.05, 0) is 24.6 Å². The number of nitrogens with one attached hydrogen (secondary N) is 1. The van der Waals surface area contributed by atoms with Crippen molar-refractivity contribution in [1.29, 1.82) is 0 Å². The fraction of sp³-hybridized carbons (Fsp3) is 0.500. The maximum atomic E-state index is 5.75. The van der Waals surface area contributed by atoms with Crippen molar-refractivity contribution < 1.29 is 4.74 Å². The fourth-order valence-electron chi connectivity index (χ4n) is 1.65. The Labute approximate surface area is 97.0 Å². The number of benzene rings is 1. The van der Waals surface area contributed by atoms with Crippen molar-refractivity contribution in [1.82, 2.24) is 0 Å². The maximum Gasteiger partial charge on any atom is 0.0664 e. The van der Waals surface area contributed by atoms with Crippen LogP contribution in [0.3, 0.4) is 0 Å². The van der Waals surface area contributed by atoms with Crippen molar-refractivity contribution in [3.8, 4) is 0 Å². The predicted molar refractivity (Wildman–Crippen MR) is 69.5 cm³/mol. The Kier molecular flexibility index (Phi) is 4.92. The Balaban J connectivity index is 2.65. The monoisotopic (exact) mass is 223 g/mol. The van der Waals surface area contributed by atoms with Gasteiger partial charge in [-0.2, -0.15) is 0 Å². The van der Waals surface area contributed by atoms with Crippen LogP contribution in [0.25, 0.3) is 0 Å². The van der Waals surface area contributed by atoms with Crippen molar-refractivity contribution in [3.63, 3.8) is 0 Å². The van der Waals surface area contributed by atoms with Crippen LogP contribution >= 0.6 is 0 Å². The van der Waals surface area contributed by atoms with Crippen molar-refractivity contribution in [3.05, 3.63) is 18.2 Å². The Morgan fingerprint density at radius 1 is 1.31 bits per heavy atom. The normalized spacial score (nSPS) is 12.4. The quantitative estimate of drug-likeness (QED) is 0.645. The molecule has 0 saturated heterocycles. The molecule has 0 amide bonds. The van der Waals surface area contributed by atoms with E-state index in [1.165, 1.54) is 0 Å². The summed E-state index contributed by atoms with van der Waals surface area (Å²) in [4.78, 5) is 0. The topological polar surface area (TPSA) is 73.3 Å². The standard InChI is InChI=1S/C12H21N3O/c1-3-4-10(8-16-2)15-9-5-6-11(13)12(14)7-9/h5-7,10,15H,3-4,8,13-14H2,1-2H3. The molecule has 16 heavy (non-hydrogen) atoms. The number of ether oxygens (including phenoxy) is 1. The van der Waals surface area contributed by atoms with E-state index < -0.39 is 0 Å². The highest BCUT2D eigenvalue weighted by atomic mass is 16.5. The molecule has 4 heteroatoms. The summed E-state index contributed by atoms with van der Waals surface area (Å²) in [5.41, 5.74) is 13.6. The molecule has 0 aromatic heterocycles. The molecule has 0 aliphatic rings. The second kappa shape index (κ2) is 6.23. The smallest absolute Gasteiger partial charge is 0.0664 e. The van der Waals surface area contributed by atoms with Gasteiger partial charge in [-0.3, -0.25) is 0 Å². The second-order valence-corrected chi connectivity index (χ2v) is 3.93. The van der Waals surface area contributed by atoms with E-state index in [4.69, 9.17) is 16.2 Å². The van der Waals surface area contributed by atoms with Gasteiger partial charge in [-0.25, -0.2) is 0 Å². The lowest BCUT2D eigenvalue weighted by molar-refractivity contribution is 0.182. The molecule has 5 N–H and O–H groups in total. The third-order valence-corrected chi connectivity index (χ3v) is 2.46. The zero-order valence-electron chi connectivity index (χ0n) is 9.99. The molecular formula is C12H21N3O. The largest absolute Gasteiger partial charge is 0.397 e. The van der Waals surface area contributed by atoms with E-state index in [9.17, 15) is 0 Å². The molecule has 1 aromatic carbocycles. The van der Waals surface area contributed by atoms with Crippen LogP contribution < -0.4 is 16.8 Å². The third kappa shape index (κ3) is 3.62. The number of hydrogen-bond donors (Lipinski definition) is 3. The zero-order valence-corrected chi connectivity index (χ0v) is 9.99. The maximum absolute atomic E-state index is 5.75. The number of rotatable bonds is 6. The van der Waals surface area contributed by atoms with Crippen LogP contribution in [0.5, 0.6) is 0 Å². The lowest BCUT2D eigenvalue weighted by Gasteiger charge is -2.19. The minimum absolute atomic E-state index is 0.318. The molecular weight excluding hydrogens is 202 g/mol. The minimum Gasteiger partial charge on any atom is -0.397 e. The number of anilines is 3. The van der Waals surface area contributed by atoms with Gasteiger partial charge >= 0.3 is 0 Å². The van der Waals surface area contributed by atoms with Gasteiger partial charge < -0.3 is 21.5 Å².